The number of nitrogens with zero attached hydrogens (tertiary/aromatic N) is 2. The summed E-state index contributed by atoms with van der Waals surface area (Å²) in [7, 11) is 0. The van der Waals surface area contributed by atoms with Crippen LogP contribution in [0.2, 0.25) is 0 Å². The Labute approximate surface area is 114 Å². The summed E-state index contributed by atoms with van der Waals surface area (Å²) in [5.41, 5.74) is 8.23. The molecule has 4 heteroatoms. The predicted octanol–water partition coefficient (Wildman–Crippen LogP) is 1.97. The van der Waals surface area contributed by atoms with Gasteiger partial charge in [0.05, 0.1) is 11.6 Å². The van der Waals surface area contributed by atoms with Gasteiger partial charge >= 0.3 is 0 Å². The van der Waals surface area contributed by atoms with Crippen molar-refractivity contribution >= 4 is 5.91 Å². The first kappa shape index (κ1) is 12.7. The van der Waals surface area contributed by atoms with Gasteiger partial charge in [-0.3, -0.25) is 4.79 Å². The maximum atomic E-state index is 12.7. The number of carbonyl (C=O) groups excluding carboxylic acids is 1. The lowest BCUT2D eigenvalue weighted by Crippen LogP contribution is -2.56. The molecule has 1 atom stereocenters. The smallest absolute Gasteiger partial charge is 0.243 e. The molecule has 0 bridgehead atoms. The number of rotatable bonds is 1. The summed E-state index contributed by atoms with van der Waals surface area (Å²) in [4.78, 5) is 14.7. The summed E-state index contributed by atoms with van der Waals surface area (Å²) in [5, 5.41) is 0. The summed E-state index contributed by atoms with van der Waals surface area (Å²) >= 11 is 0. The van der Waals surface area contributed by atoms with Crippen molar-refractivity contribution < 1.29 is 4.79 Å². The highest BCUT2D eigenvalue weighted by Gasteiger charge is 2.42. The van der Waals surface area contributed by atoms with Crippen LogP contribution in [-0.4, -0.2) is 27.5 Å². The van der Waals surface area contributed by atoms with Crippen molar-refractivity contribution in [1.82, 2.24) is 9.47 Å². The molecule has 104 valence electrons. The molecule has 1 aromatic rings. The van der Waals surface area contributed by atoms with Crippen molar-refractivity contribution in [3.05, 3.63) is 23.5 Å². The lowest BCUT2D eigenvalue weighted by atomic mass is 9.95. The van der Waals surface area contributed by atoms with E-state index >= 15 is 0 Å². The zero-order chi connectivity index (χ0) is 13.6. The average Bonchev–Trinajstić information content (AvgIpc) is 2.98. The molecular weight excluding hydrogens is 238 g/mol. The Morgan fingerprint density at radius 2 is 2.00 bits per heavy atom. The maximum Gasteiger partial charge on any atom is 0.243 e. The van der Waals surface area contributed by atoms with Crippen LogP contribution in [0.4, 0.5) is 0 Å². The highest BCUT2D eigenvalue weighted by atomic mass is 16.2. The van der Waals surface area contributed by atoms with Gasteiger partial charge < -0.3 is 15.2 Å². The van der Waals surface area contributed by atoms with Crippen LogP contribution in [0.3, 0.4) is 0 Å². The van der Waals surface area contributed by atoms with Gasteiger partial charge in [-0.05, 0) is 38.8 Å². The lowest BCUT2D eigenvalue weighted by Gasteiger charge is -2.39. The second-order valence-electron chi connectivity index (χ2n) is 6.09. The van der Waals surface area contributed by atoms with E-state index < -0.39 is 5.54 Å². The molecule has 1 aliphatic carbocycles. The second kappa shape index (κ2) is 4.37. The number of aromatic nitrogens is 1. The van der Waals surface area contributed by atoms with Crippen molar-refractivity contribution in [2.24, 2.45) is 5.73 Å². The van der Waals surface area contributed by atoms with Crippen LogP contribution in [0, 0.1) is 6.92 Å². The summed E-state index contributed by atoms with van der Waals surface area (Å²) in [6.07, 6.45) is 3.85. The molecule has 1 amide bonds. The number of nitrogens with two attached hydrogens (primary N) is 1. The lowest BCUT2D eigenvalue weighted by molar-refractivity contribution is -0.140. The van der Waals surface area contributed by atoms with Crippen molar-refractivity contribution in [2.75, 3.05) is 6.54 Å². The topological polar surface area (TPSA) is 51.3 Å². The fraction of sp³-hybridized carbons (Fsp3) is 0.667. The monoisotopic (exact) mass is 261 g/mol. The van der Waals surface area contributed by atoms with Crippen LogP contribution in [0.25, 0.3) is 0 Å². The Morgan fingerprint density at radius 3 is 2.68 bits per heavy atom. The van der Waals surface area contributed by atoms with E-state index in [4.69, 9.17) is 5.73 Å². The van der Waals surface area contributed by atoms with E-state index in [9.17, 15) is 4.79 Å². The molecule has 1 unspecified atom stereocenters. The molecule has 0 aromatic carbocycles. The molecule has 4 nitrogen and oxygen atoms in total. The molecule has 0 spiro atoms. The molecule has 2 N–H and O–H groups in total. The SMILES string of the molecule is Cc1ccc2n1CCN(C(=O)C1(N)CCCC1)C2C. The highest BCUT2D eigenvalue weighted by Crippen LogP contribution is 2.34. The quantitative estimate of drug-likeness (QED) is 0.840. The largest absolute Gasteiger partial charge is 0.345 e. The third kappa shape index (κ3) is 1.89. The highest BCUT2D eigenvalue weighted by molar-refractivity contribution is 5.87. The van der Waals surface area contributed by atoms with E-state index in [0.717, 1.165) is 38.8 Å². The number of hydrogen-bond donors (Lipinski definition) is 1. The molecule has 2 heterocycles. The van der Waals surface area contributed by atoms with E-state index in [0.29, 0.717) is 0 Å². The molecule has 19 heavy (non-hydrogen) atoms. The Kier molecular flexibility index (Phi) is 2.93. The van der Waals surface area contributed by atoms with Gasteiger partial charge in [-0.25, -0.2) is 0 Å². The van der Waals surface area contributed by atoms with Crippen molar-refractivity contribution in [3.8, 4) is 0 Å². The molecule has 3 rings (SSSR count). The zero-order valence-corrected chi connectivity index (χ0v) is 11.9. The number of aryl methyl sites for hydroxylation is 1. The van der Waals surface area contributed by atoms with Gasteiger partial charge in [0.2, 0.25) is 5.91 Å². The van der Waals surface area contributed by atoms with Crippen LogP contribution in [0.1, 0.15) is 50.0 Å². The minimum absolute atomic E-state index is 0.135. The van der Waals surface area contributed by atoms with E-state index in [1.54, 1.807) is 0 Å². The Morgan fingerprint density at radius 1 is 1.32 bits per heavy atom. The van der Waals surface area contributed by atoms with Crippen LogP contribution < -0.4 is 5.73 Å². The maximum absolute atomic E-state index is 12.7. The predicted molar refractivity (Wildman–Crippen MR) is 74.7 cm³/mol. The van der Waals surface area contributed by atoms with E-state index in [1.165, 1.54) is 11.4 Å². The standard InChI is InChI=1S/C15H23N3O/c1-11-5-6-13-12(2)18(10-9-17(11)13)14(19)15(16)7-3-4-8-15/h5-6,12H,3-4,7-10,16H2,1-2H3. The molecule has 1 fully saturated rings. The van der Waals surface area contributed by atoms with Crippen LogP contribution in [0.5, 0.6) is 0 Å². The van der Waals surface area contributed by atoms with Gasteiger partial charge in [-0.15, -0.1) is 0 Å². The van der Waals surface area contributed by atoms with E-state index in [-0.39, 0.29) is 11.9 Å². The van der Waals surface area contributed by atoms with Crippen molar-refractivity contribution in [3.63, 3.8) is 0 Å². The fourth-order valence-corrected chi connectivity index (χ4v) is 3.60. The minimum Gasteiger partial charge on any atom is -0.345 e. The molecule has 2 aliphatic rings. The number of carbonyl (C=O) groups is 1. The molecule has 1 saturated carbocycles. The zero-order valence-electron chi connectivity index (χ0n) is 11.9. The summed E-state index contributed by atoms with van der Waals surface area (Å²) in [6.45, 7) is 5.90. The molecule has 0 radical (unpaired) electrons. The minimum atomic E-state index is -0.599. The molecule has 0 saturated heterocycles. The van der Waals surface area contributed by atoms with Gasteiger partial charge in [0.1, 0.15) is 0 Å². The van der Waals surface area contributed by atoms with Crippen molar-refractivity contribution in [2.45, 2.75) is 57.7 Å². The van der Waals surface area contributed by atoms with Crippen molar-refractivity contribution in [1.29, 1.82) is 0 Å². The van der Waals surface area contributed by atoms with Gasteiger partial charge in [-0.2, -0.15) is 0 Å². The summed E-state index contributed by atoms with van der Waals surface area (Å²) in [5.74, 6) is 0.155. The second-order valence-corrected chi connectivity index (χ2v) is 6.09. The van der Waals surface area contributed by atoms with Gasteiger partial charge in [-0.1, -0.05) is 12.8 Å². The number of hydrogen-bond acceptors (Lipinski definition) is 2. The molecule has 1 aliphatic heterocycles. The van der Waals surface area contributed by atoms with E-state index in [2.05, 4.69) is 30.5 Å². The first-order valence-corrected chi connectivity index (χ1v) is 7.29. The van der Waals surface area contributed by atoms with Crippen LogP contribution in [-0.2, 0) is 11.3 Å². The van der Waals surface area contributed by atoms with Gasteiger partial charge in [0, 0.05) is 24.5 Å². The number of amides is 1. The number of fused-ring (bicyclic) bond motifs is 1. The fourth-order valence-electron chi connectivity index (χ4n) is 3.60. The van der Waals surface area contributed by atoms with Gasteiger partial charge in [0.15, 0.2) is 0 Å². The third-order valence-corrected chi connectivity index (χ3v) is 4.88. The first-order valence-electron chi connectivity index (χ1n) is 7.29. The van der Waals surface area contributed by atoms with Crippen LogP contribution in [0.15, 0.2) is 12.1 Å². The Hall–Kier alpha value is -1.29. The summed E-state index contributed by atoms with van der Waals surface area (Å²) in [6, 6.07) is 4.40. The third-order valence-electron chi connectivity index (χ3n) is 4.88. The summed E-state index contributed by atoms with van der Waals surface area (Å²) < 4.78 is 2.31. The first-order chi connectivity index (χ1) is 9.03. The van der Waals surface area contributed by atoms with E-state index in [1.807, 2.05) is 4.90 Å². The Balaban J connectivity index is 1.86. The normalized spacial score (nSPS) is 25.4. The molecular formula is C15H23N3O. The van der Waals surface area contributed by atoms with Gasteiger partial charge in [0.25, 0.3) is 0 Å². The Bertz CT molecular complexity index is 499. The van der Waals surface area contributed by atoms with Crippen LogP contribution >= 0.6 is 0 Å². The molecule has 1 aromatic heterocycles. The average molecular weight is 261 g/mol.